The van der Waals surface area contributed by atoms with Crippen LogP contribution >= 0.6 is 0 Å². The minimum Gasteiger partial charge on any atom is -0.341 e. The van der Waals surface area contributed by atoms with E-state index in [1.807, 2.05) is 91.0 Å². The van der Waals surface area contributed by atoms with E-state index in [9.17, 15) is 9.59 Å². The van der Waals surface area contributed by atoms with E-state index in [4.69, 9.17) is 0 Å². The minimum atomic E-state index is 0.00197. The van der Waals surface area contributed by atoms with E-state index in [0.29, 0.717) is 22.3 Å². The van der Waals surface area contributed by atoms with Crippen molar-refractivity contribution in [1.29, 1.82) is 0 Å². The van der Waals surface area contributed by atoms with Crippen molar-refractivity contribution in [2.75, 3.05) is 0 Å². The molecular weight excluding hydrogens is 406 g/mol. The quantitative estimate of drug-likeness (QED) is 0.276. The van der Waals surface area contributed by atoms with Crippen molar-refractivity contribution in [3.05, 3.63) is 119 Å². The van der Waals surface area contributed by atoms with Gasteiger partial charge in [0.25, 0.3) is 0 Å². The molecule has 0 spiro atoms. The van der Waals surface area contributed by atoms with Crippen molar-refractivity contribution in [2.45, 2.75) is 26.8 Å². The summed E-state index contributed by atoms with van der Waals surface area (Å²) in [6.45, 7) is 5.06. The summed E-state index contributed by atoms with van der Waals surface area (Å²) in [5, 5.41) is 2.03. The molecule has 1 aromatic heterocycles. The molecular formula is C30H25NO2. The van der Waals surface area contributed by atoms with E-state index < -0.39 is 0 Å². The smallest absolute Gasteiger partial charge is 0.193 e. The number of carbonyl (C=O) groups is 2. The molecule has 0 aliphatic heterocycles. The zero-order chi connectivity index (χ0) is 22.9. The van der Waals surface area contributed by atoms with Gasteiger partial charge in [0.15, 0.2) is 11.6 Å². The third-order valence-electron chi connectivity index (χ3n) is 6.33. The van der Waals surface area contributed by atoms with Crippen molar-refractivity contribution in [3.63, 3.8) is 0 Å². The topological polar surface area (TPSA) is 39.1 Å². The molecule has 3 heteroatoms. The Morgan fingerprint density at radius 1 is 0.636 bits per heavy atom. The SMILES string of the molecule is CCc1cc(C(=O)c2ccccc2)cc2c3cc(C(=O)c4ccccc4)ccc3n(CC)c12. The van der Waals surface area contributed by atoms with E-state index in [-0.39, 0.29) is 11.6 Å². The first-order chi connectivity index (χ1) is 16.1. The highest BCUT2D eigenvalue weighted by Gasteiger charge is 2.19. The highest BCUT2D eigenvalue weighted by Crippen LogP contribution is 2.34. The van der Waals surface area contributed by atoms with Crippen LogP contribution in [-0.2, 0) is 13.0 Å². The summed E-state index contributed by atoms with van der Waals surface area (Å²) in [5.41, 5.74) is 6.05. The van der Waals surface area contributed by atoms with Gasteiger partial charge in [-0.3, -0.25) is 9.59 Å². The van der Waals surface area contributed by atoms with Gasteiger partial charge in [-0.2, -0.15) is 0 Å². The molecule has 5 rings (SSSR count). The summed E-state index contributed by atoms with van der Waals surface area (Å²) in [6, 6.07) is 28.7. The molecule has 0 fully saturated rings. The number of hydrogen-bond acceptors (Lipinski definition) is 2. The number of aromatic nitrogens is 1. The first kappa shape index (κ1) is 20.9. The lowest BCUT2D eigenvalue weighted by molar-refractivity contribution is 0.103. The molecule has 0 unspecified atom stereocenters. The van der Waals surface area contributed by atoms with Gasteiger partial charge in [0, 0.05) is 45.1 Å². The van der Waals surface area contributed by atoms with Crippen LogP contribution < -0.4 is 0 Å². The first-order valence-corrected chi connectivity index (χ1v) is 11.4. The number of nitrogens with zero attached hydrogens (tertiary/aromatic N) is 1. The summed E-state index contributed by atoms with van der Waals surface area (Å²) in [5.74, 6) is 0.0169. The third kappa shape index (κ3) is 3.56. The van der Waals surface area contributed by atoms with Gasteiger partial charge >= 0.3 is 0 Å². The number of benzene rings is 4. The molecule has 0 bridgehead atoms. The van der Waals surface area contributed by atoms with E-state index in [0.717, 1.165) is 40.3 Å². The van der Waals surface area contributed by atoms with E-state index in [2.05, 4.69) is 18.4 Å². The fourth-order valence-corrected chi connectivity index (χ4v) is 4.71. The summed E-state index contributed by atoms with van der Waals surface area (Å²) >= 11 is 0. The Balaban J connectivity index is 1.75. The number of hydrogen-bond donors (Lipinski definition) is 0. The van der Waals surface area contributed by atoms with Crippen LogP contribution in [0.4, 0.5) is 0 Å². The maximum Gasteiger partial charge on any atom is 0.193 e. The number of ketones is 2. The zero-order valence-corrected chi connectivity index (χ0v) is 18.8. The lowest BCUT2D eigenvalue weighted by Gasteiger charge is -2.10. The van der Waals surface area contributed by atoms with Crippen LogP contribution in [0.15, 0.2) is 91.0 Å². The molecule has 4 aromatic carbocycles. The molecule has 0 N–H and O–H groups in total. The second-order valence-electron chi connectivity index (χ2n) is 8.25. The van der Waals surface area contributed by atoms with Gasteiger partial charge in [0.1, 0.15) is 0 Å². The van der Waals surface area contributed by atoms with Crippen molar-refractivity contribution in [2.24, 2.45) is 0 Å². The van der Waals surface area contributed by atoms with Gasteiger partial charge in [-0.25, -0.2) is 0 Å². The van der Waals surface area contributed by atoms with Gasteiger partial charge in [-0.15, -0.1) is 0 Å². The Bertz CT molecular complexity index is 1490. The molecule has 0 saturated heterocycles. The Labute approximate surface area is 193 Å². The second kappa shape index (κ2) is 8.51. The van der Waals surface area contributed by atoms with Gasteiger partial charge in [-0.1, -0.05) is 67.6 Å². The Morgan fingerprint density at radius 3 is 1.79 bits per heavy atom. The fourth-order valence-electron chi connectivity index (χ4n) is 4.71. The Kier molecular flexibility index (Phi) is 5.39. The van der Waals surface area contributed by atoms with Gasteiger partial charge < -0.3 is 4.57 Å². The number of rotatable bonds is 6. The monoisotopic (exact) mass is 431 g/mol. The van der Waals surface area contributed by atoms with E-state index in [1.54, 1.807) is 0 Å². The van der Waals surface area contributed by atoms with Crippen LogP contribution in [0, 0.1) is 0 Å². The summed E-state index contributed by atoms with van der Waals surface area (Å²) < 4.78 is 2.29. The van der Waals surface area contributed by atoms with Crippen LogP contribution in [0.3, 0.4) is 0 Å². The highest BCUT2D eigenvalue weighted by atomic mass is 16.1. The van der Waals surface area contributed by atoms with Crippen molar-refractivity contribution in [3.8, 4) is 0 Å². The standard InChI is InChI=1S/C30H25NO2/c1-3-20-17-24(30(33)22-13-9-6-10-14-22)19-26-25-18-23(29(32)21-11-7-5-8-12-21)15-16-27(25)31(4-2)28(20)26/h5-19H,3-4H2,1-2H3. The lowest BCUT2D eigenvalue weighted by atomic mass is 9.96. The largest absolute Gasteiger partial charge is 0.341 e. The molecule has 0 aliphatic rings. The van der Waals surface area contributed by atoms with Crippen LogP contribution in [0.25, 0.3) is 21.8 Å². The average Bonchev–Trinajstić information content (AvgIpc) is 3.21. The van der Waals surface area contributed by atoms with Crippen LogP contribution in [0.1, 0.15) is 51.3 Å². The average molecular weight is 432 g/mol. The van der Waals surface area contributed by atoms with Crippen molar-refractivity contribution >= 4 is 33.4 Å². The molecule has 5 aromatic rings. The van der Waals surface area contributed by atoms with Crippen LogP contribution in [-0.4, -0.2) is 16.1 Å². The highest BCUT2D eigenvalue weighted by molar-refractivity contribution is 6.17. The molecule has 0 radical (unpaired) electrons. The van der Waals surface area contributed by atoms with E-state index in [1.165, 1.54) is 0 Å². The normalized spacial score (nSPS) is 11.2. The van der Waals surface area contributed by atoms with Gasteiger partial charge in [-0.05, 0) is 49.2 Å². The van der Waals surface area contributed by atoms with Crippen LogP contribution in [0.5, 0.6) is 0 Å². The summed E-state index contributed by atoms with van der Waals surface area (Å²) in [7, 11) is 0. The predicted molar refractivity (Wildman–Crippen MR) is 134 cm³/mol. The second-order valence-corrected chi connectivity index (χ2v) is 8.25. The lowest BCUT2D eigenvalue weighted by Crippen LogP contribution is -2.03. The zero-order valence-electron chi connectivity index (χ0n) is 18.8. The fraction of sp³-hybridized carbons (Fsp3) is 0.133. The minimum absolute atomic E-state index is 0.00197. The van der Waals surface area contributed by atoms with Gasteiger partial charge in [0.05, 0.1) is 5.52 Å². The maximum atomic E-state index is 13.3. The third-order valence-corrected chi connectivity index (χ3v) is 6.33. The molecule has 0 saturated carbocycles. The molecule has 0 atom stereocenters. The molecule has 3 nitrogen and oxygen atoms in total. The molecule has 1 heterocycles. The Morgan fingerprint density at radius 2 is 1.21 bits per heavy atom. The number of aryl methyl sites for hydroxylation is 2. The molecule has 0 amide bonds. The predicted octanol–water partition coefficient (Wildman–Crippen LogP) is 6.84. The first-order valence-electron chi connectivity index (χ1n) is 11.4. The number of fused-ring (bicyclic) bond motifs is 3. The number of carbonyl (C=O) groups excluding carboxylic acids is 2. The summed E-state index contributed by atoms with van der Waals surface area (Å²) in [4.78, 5) is 26.4. The molecule has 162 valence electrons. The summed E-state index contributed by atoms with van der Waals surface area (Å²) in [6.07, 6.45) is 0.818. The van der Waals surface area contributed by atoms with Crippen LogP contribution in [0.2, 0.25) is 0 Å². The Hall–Kier alpha value is -3.98. The molecule has 0 aliphatic carbocycles. The molecule has 33 heavy (non-hydrogen) atoms. The van der Waals surface area contributed by atoms with Crippen molar-refractivity contribution < 1.29 is 9.59 Å². The van der Waals surface area contributed by atoms with Gasteiger partial charge in [0.2, 0.25) is 0 Å². The van der Waals surface area contributed by atoms with Crippen molar-refractivity contribution in [1.82, 2.24) is 4.57 Å². The van der Waals surface area contributed by atoms with E-state index >= 15 is 0 Å². The maximum absolute atomic E-state index is 13.3.